The summed E-state index contributed by atoms with van der Waals surface area (Å²) < 4.78 is 5.38. The number of methoxy groups -OCH3 is 1. The molecule has 0 radical (unpaired) electrons. The summed E-state index contributed by atoms with van der Waals surface area (Å²) in [6, 6.07) is 13.5. The van der Waals surface area contributed by atoms with Crippen LogP contribution in [0.5, 0.6) is 5.75 Å². The van der Waals surface area contributed by atoms with E-state index in [9.17, 15) is 0 Å². The Balaban J connectivity index is 1.30. The molecule has 1 N–H and O–H groups in total. The summed E-state index contributed by atoms with van der Waals surface area (Å²) in [6.45, 7) is 2.25. The van der Waals surface area contributed by atoms with E-state index in [0.29, 0.717) is 17.9 Å². The number of ether oxygens (including phenoxy) is 1. The average Bonchev–Trinajstić information content (AvgIpc) is 3.42. The molecule has 1 saturated heterocycles. The smallest absolute Gasteiger partial charge is 0.119 e. The Hall–Kier alpha value is -2.86. The van der Waals surface area contributed by atoms with Crippen LogP contribution in [0.25, 0.3) is 10.8 Å². The fraction of sp³-hybridized carbons (Fsp3) is 0.481. The number of rotatable bonds is 6. The predicted octanol–water partition coefficient (Wildman–Crippen LogP) is 5.36. The molecule has 174 valence electrons. The van der Waals surface area contributed by atoms with Crippen LogP contribution in [0.2, 0.25) is 0 Å². The zero-order chi connectivity index (χ0) is 22.6. The molecule has 1 atom stereocenters. The summed E-state index contributed by atoms with van der Waals surface area (Å²) in [4.78, 5) is 8.06. The van der Waals surface area contributed by atoms with Gasteiger partial charge in [-0.05, 0) is 85.5 Å². The SMILES string of the molecule is CO/N=C(/c1ccc2cc(OC)ccc2c1)C1CCCN(C2CCC(c3cn[nH]c3)CC2)C1. The second kappa shape index (κ2) is 9.96. The molecule has 0 spiro atoms. The Morgan fingerprint density at radius 3 is 2.61 bits per heavy atom. The van der Waals surface area contributed by atoms with E-state index in [4.69, 9.17) is 9.57 Å². The van der Waals surface area contributed by atoms with E-state index < -0.39 is 0 Å². The number of nitrogens with one attached hydrogen (secondary N) is 1. The molecule has 3 aromatic rings. The lowest BCUT2D eigenvalue weighted by Crippen LogP contribution is -2.46. The van der Waals surface area contributed by atoms with Crippen molar-refractivity contribution < 1.29 is 9.57 Å². The molecule has 1 aliphatic carbocycles. The fourth-order valence-corrected chi connectivity index (χ4v) is 5.79. The van der Waals surface area contributed by atoms with Crippen molar-refractivity contribution in [2.75, 3.05) is 27.3 Å². The number of aromatic amines is 1. The molecule has 6 heteroatoms. The van der Waals surface area contributed by atoms with Crippen molar-refractivity contribution in [3.8, 4) is 5.75 Å². The maximum absolute atomic E-state index is 5.38. The number of aromatic nitrogens is 2. The maximum Gasteiger partial charge on any atom is 0.119 e. The van der Waals surface area contributed by atoms with Crippen molar-refractivity contribution in [3.05, 3.63) is 59.9 Å². The topological polar surface area (TPSA) is 62.7 Å². The van der Waals surface area contributed by atoms with E-state index in [1.54, 1.807) is 14.2 Å². The van der Waals surface area contributed by atoms with Gasteiger partial charge in [0.2, 0.25) is 0 Å². The van der Waals surface area contributed by atoms with E-state index in [-0.39, 0.29) is 0 Å². The number of piperidine rings is 1. The zero-order valence-electron chi connectivity index (χ0n) is 19.7. The first kappa shape index (κ1) is 22.0. The van der Waals surface area contributed by atoms with Gasteiger partial charge in [-0.2, -0.15) is 5.10 Å². The highest BCUT2D eigenvalue weighted by Crippen LogP contribution is 2.36. The monoisotopic (exact) mass is 446 g/mol. The first-order valence-corrected chi connectivity index (χ1v) is 12.2. The number of oxime groups is 1. The molecule has 1 saturated carbocycles. The minimum absolute atomic E-state index is 0.390. The minimum atomic E-state index is 0.390. The number of H-pyrrole nitrogens is 1. The van der Waals surface area contributed by atoms with Crippen molar-refractivity contribution in [2.24, 2.45) is 11.1 Å². The molecule has 2 fully saturated rings. The molecular formula is C27H34N4O2. The van der Waals surface area contributed by atoms with E-state index in [1.165, 1.54) is 55.0 Å². The van der Waals surface area contributed by atoms with Crippen molar-refractivity contribution in [1.82, 2.24) is 15.1 Å². The molecule has 2 heterocycles. The van der Waals surface area contributed by atoms with Crippen LogP contribution in [0.4, 0.5) is 0 Å². The Bertz CT molecular complexity index is 1090. The highest BCUT2D eigenvalue weighted by atomic mass is 16.6. The van der Waals surface area contributed by atoms with Gasteiger partial charge in [0, 0.05) is 30.3 Å². The quantitative estimate of drug-likeness (QED) is 0.409. The first-order valence-electron chi connectivity index (χ1n) is 12.2. The number of nitrogens with zero attached hydrogens (tertiary/aromatic N) is 3. The summed E-state index contributed by atoms with van der Waals surface area (Å²) in [6.07, 6.45) is 11.4. The van der Waals surface area contributed by atoms with Crippen molar-refractivity contribution >= 4 is 16.5 Å². The normalized spacial score (nSPS) is 24.7. The Kier molecular flexibility index (Phi) is 6.63. The summed E-state index contributed by atoms with van der Waals surface area (Å²) in [5, 5.41) is 14.0. The lowest BCUT2D eigenvalue weighted by atomic mass is 9.80. The Labute approximate surface area is 196 Å². The highest BCUT2D eigenvalue weighted by molar-refractivity contribution is 6.04. The molecule has 0 bridgehead atoms. The number of hydrogen-bond donors (Lipinski definition) is 1. The van der Waals surface area contributed by atoms with Gasteiger partial charge in [0.05, 0.1) is 19.0 Å². The summed E-state index contributed by atoms with van der Waals surface area (Å²) in [5.41, 5.74) is 3.60. The molecule has 6 nitrogen and oxygen atoms in total. The van der Waals surface area contributed by atoms with Gasteiger partial charge in [-0.3, -0.25) is 10.00 Å². The Morgan fingerprint density at radius 2 is 1.85 bits per heavy atom. The molecule has 2 aromatic carbocycles. The van der Waals surface area contributed by atoms with Gasteiger partial charge in [-0.1, -0.05) is 23.4 Å². The Morgan fingerprint density at radius 1 is 1.03 bits per heavy atom. The minimum Gasteiger partial charge on any atom is -0.497 e. The van der Waals surface area contributed by atoms with Gasteiger partial charge in [-0.15, -0.1) is 0 Å². The van der Waals surface area contributed by atoms with Gasteiger partial charge in [-0.25, -0.2) is 0 Å². The van der Waals surface area contributed by atoms with E-state index in [1.807, 2.05) is 12.3 Å². The van der Waals surface area contributed by atoms with Crippen LogP contribution in [-0.2, 0) is 4.84 Å². The zero-order valence-corrected chi connectivity index (χ0v) is 19.7. The lowest BCUT2D eigenvalue weighted by molar-refractivity contribution is 0.110. The van der Waals surface area contributed by atoms with Crippen LogP contribution in [0.15, 0.2) is 53.9 Å². The number of fused-ring (bicyclic) bond motifs is 1. The largest absolute Gasteiger partial charge is 0.497 e. The van der Waals surface area contributed by atoms with Gasteiger partial charge >= 0.3 is 0 Å². The fourth-order valence-electron chi connectivity index (χ4n) is 5.79. The number of benzene rings is 2. The second-order valence-electron chi connectivity index (χ2n) is 9.46. The van der Waals surface area contributed by atoms with Crippen LogP contribution in [0.1, 0.15) is 55.6 Å². The van der Waals surface area contributed by atoms with Crippen molar-refractivity contribution in [2.45, 2.75) is 50.5 Å². The van der Waals surface area contributed by atoms with Crippen LogP contribution in [-0.4, -0.2) is 54.2 Å². The van der Waals surface area contributed by atoms with Crippen molar-refractivity contribution in [1.29, 1.82) is 0 Å². The molecule has 0 amide bonds. The molecule has 1 unspecified atom stereocenters. The second-order valence-corrected chi connectivity index (χ2v) is 9.46. The van der Waals surface area contributed by atoms with Crippen LogP contribution >= 0.6 is 0 Å². The maximum atomic E-state index is 5.38. The van der Waals surface area contributed by atoms with E-state index in [0.717, 1.165) is 30.0 Å². The molecule has 5 rings (SSSR count). The third-order valence-electron chi connectivity index (χ3n) is 7.58. The van der Waals surface area contributed by atoms with Gasteiger partial charge in [0.15, 0.2) is 0 Å². The first-order chi connectivity index (χ1) is 16.2. The van der Waals surface area contributed by atoms with Gasteiger partial charge in [0.25, 0.3) is 0 Å². The predicted molar refractivity (Wildman–Crippen MR) is 132 cm³/mol. The molecule has 1 aromatic heterocycles. The van der Waals surface area contributed by atoms with Gasteiger partial charge < -0.3 is 9.57 Å². The van der Waals surface area contributed by atoms with E-state index >= 15 is 0 Å². The van der Waals surface area contributed by atoms with Crippen LogP contribution < -0.4 is 4.74 Å². The third-order valence-corrected chi connectivity index (χ3v) is 7.58. The summed E-state index contributed by atoms with van der Waals surface area (Å²) in [7, 11) is 3.36. The van der Waals surface area contributed by atoms with Crippen LogP contribution in [0, 0.1) is 5.92 Å². The molecular weight excluding hydrogens is 412 g/mol. The van der Waals surface area contributed by atoms with E-state index in [2.05, 4.69) is 56.8 Å². The van der Waals surface area contributed by atoms with Crippen molar-refractivity contribution in [3.63, 3.8) is 0 Å². The summed E-state index contributed by atoms with van der Waals surface area (Å²) >= 11 is 0. The number of likely N-dealkylation sites (tertiary alicyclic amines) is 1. The lowest BCUT2D eigenvalue weighted by Gasteiger charge is -2.41. The third kappa shape index (κ3) is 4.76. The summed E-state index contributed by atoms with van der Waals surface area (Å²) in [5.74, 6) is 1.93. The molecule has 1 aliphatic heterocycles. The van der Waals surface area contributed by atoms with Gasteiger partial charge in [0.1, 0.15) is 12.9 Å². The standard InChI is InChI=1S/C27H34N4O2/c1-32-26-12-9-20-14-22(6-5-21(20)15-26)27(30-33-2)23-4-3-13-31(18-23)25-10-7-19(8-11-25)24-16-28-29-17-24/h5-6,9,12,14-17,19,23,25H,3-4,7-8,10-11,13,18H2,1-2H3,(H,28,29)/b30-27-. The molecule has 33 heavy (non-hydrogen) atoms. The average molecular weight is 447 g/mol. The van der Waals surface area contributed by atoms with Crippen LogP contribution in [0.3, 0.4) is 0 Å². The molecule has 2 aliphatic rings. The highest BCUT2D eigenvalue weighted by Gasteiger charge is 2.32. The number of hydrogen-bond acceptors (Lipinski definition) is 5.